The van der Waals surface area contributed by atoms with Crippen LogP contribution in [0.25, 0.3) is 0 Å². The Bertz CT molecular complexity index is 379. The molecule has 1 rings (SSSR count). The van der Waals surface area contributed by atoms with Crippen molar-refractivity contribution in [3.63, 3.8) is 0 Å². The summed E-state index contributed by atoms with van der Waals surface area (Å²) in [5.41, 5.74) is 5.67. The first-order valence-electron chi connectivity index (χ1n) is 6.32. The van der Waals surface area contributed by atoms with Gasteiger partial charge >= 0.3 is 0 Å². The number of halogens is 1. The first-order valence-corrected chi connectivity index (χ1v) is 7.11. The number of hydrogen-bond donors (Lipinski definition) is 2. The summed E-state index contributed by atoms with van der Waals surface area (Å²) < 4.78 is 5.43. The van der Waals surface area contributed by atoms with Crippen molar-refractivity contribution in [1.29, 1.82) is 0 Å². The predicted octanol–water partition coefficient (Wildman–Crippen LogP) is 3.50. The smallest absolute Gasteiger partial charge is 0.161 e. The van der Waals surface area contributed by atoms with E-state index in [0.717, 1.165) is 6.54 Å². The molecule has 0 aliphatic rings. The molecule has 0 radical (unpaired) electrons. The Morgan fingerprint density at radius 3 is 2.53 bits per heavy atom. The van der Waals surface area contributed by atoms with E-state index >= 15 is 0 Å². The maximum absolute atomic E-state index is 10.4. The van der Waals surface area contributed by atoms with Gasteiger partial charge < -0.3 is 15.6 Å². The molecule has 0 aromatic heterocycles. The van der Waals surface area contributed by atoms with E-state index in [1.54, 1.807) is 6.07 Å². The number of phenols is 1. The average Bonchev–Trinajstić information content (AvgIpc) is 2.42. The van der Waals surface area contributed by atoms with E-state index < -0.39 is 0 Å². The lowest BCUT2D eigenvalue weighted by atomic mass is 10.2. The van der Waals surface area contributed by atoms with Crippen molar-refractivity contribution >= 4 is 22.2 Å². The Morgan fingerprint density at radius 1 is 1.37 bits per heavy atom. The highest BCUT2D eigenvalue weighted by atomic mass is 79.9. The van der Waals surface area contributed by atoms with E-state index in [-0.39, 0.29) is 5.75 Å². The number of phenolic OH excluding ortho intramolecular Hbond substituents is 1. The van der Waals surface area contributed by atoms with Crippen LogP contribution in [0.4, 0.5) is 0 Å². The molecule has 3 N–H and O–H groups in total. The van der Waals surface area contributed by atoms with Gasteiger partial charge in [0.25, 0.3) is 0 Å². The van der Waals surface area contributed by atoms with Gasteiger partial charge in [-0.3, -0.25) is 4.79 Å². The molecule has 0 spiro atoms. The highest BCUT2D eigenvalue weighted by molar-refractivity contribution is 9.10. The molecule has 19 heavy (non-hydrogen) atoms. The topological polar surface area (TPSA) is 72.5 Å². The molecule has 108 valence electrons. The van der Waals surface area contributed by atoms with E-state index in [0.29, 0.717) is 22.1 Å². The molecule has 0 fully saturated rings. The molecule has 5 heteroatoms. The van der Waals surface area contributed by atoms with Crippen LogP contribution in [0.1, 0.15) is 43.0 Å². The van der Waals surface area contributed by atoms with Gasteiger partial charge in [0, 0.05) is 10.0 Å². The minimum atomic E-state index is -0.0391. The van der Waals surface area contributed by atoms with Crippen molar-refractivity contribution in [2.24, 2.45) is 5.73 Å². The summed E-state index contributed by atoms with van der Waals surface area (Å²) in [6.45, 7) is 3.07. The molecule has 4 nitrogen and oxygen atoms in total. The first kappa shape index (κ1) is 17.9. The number of rotatable bonds is 6. The SMILES string of the molecule is CCCCCCN.COc1cc(Br)c(C=O)cc1O. The third-order valence-electron chi connectivity index (χ3n) is 2.48. The number of carbonyl (C=O) groups excluding carboxylic acids is 1. The summed E-state index contributed by atoms with van der Waals surface area (Å²) in [6.07, 6.45) is 5.82. The van der Waals surface area contributed by atoms with Crippen molar-refractivity contribution in [3.8, 4) is 11.5 Å². The fourth-order valence-electron chi connectivity index (χ4n) is 1.38. The largest absolute Gasteiger partial charge is 0.504 e. The second-order valence-corrected chi connectivity index (χ2v) is 4.87. The summed E-state index contributed by atoms with van der Waals surface area (Å²) in [7, 11) is 1.45. The van der Waals surface area contributed by atoms with E-state index in [9.17, 15) is 9.90 Å². The van der Waals surface area contributed by atoms with Crippen LogP contribution in [0.3, 0.4) is 0 Å². The zero-order valence-electron chi connectivity index (χ0n) is 11.5. The van der Waals surface area contributed by atoms with Gasteiger partial charge in [0.2, 0.25) is 0 Å². The molecule has 1 aromatic carbocycles. The molecule has 0 atom stereocenters. The fourth-order valence-corrected chi connectivity index (χ4v) is 1.80. The molecule has 0 aliphatic heterocycles. The number of benzene rings is 1. The monoisotopic (exact) mass is 331 g/mol. The number of aldehydes is 1. The second-order valence-electron chi connectivity index (χ2n) is 4.01. The van der Waals surface area contributed by atoms with Crippen molar-refractivity contribution in [3.05, 3.63) is 22.2 Å². The van der Waals surface area contributed by atoms with Crippen molar-refractivity contribution < 1.29 is 14.6 Å². The minimum Gasteiger partial charge on any atom is -0.504 e. The van der Waals surface area contributed by atoms with Gasteiger partial charge in [-0.15, -0.1) is 0 Å². The van der Waals surface area contributed by atoms with Crippen LogP contribution in [0.15, 0.2) is 16.6 Å². The number of ether oxygens (including phenoxy) is 1. The second kappa shape index (κ2) is 10.8. The van der Waals surface area contributed by atoms with E-state index in [1.807, 2.05) is 0 Å². The Labute approximate surface area is 123 Å². The maximum Gasteiger partial charge on any atom is 0.161 e. The van der Waals surface area contributed by atoms with Crippen LogP contribution in [0.2, 0.25) is 0 Å². The third kappa shape index (κ3) is 7.18. The van der Waals surface area contributed by atoms with Crippen LogP contribution in [0, 0.1) is 0 Å². The van der Waals surface area contributed by atoms with Gasteiger partial charge in [-0.2, -0.15) is 0 Å². The number of hydrogen-bond acceptors (Lipinski definition) is 4. The van der Waals surface area contributed by atoms with E-state index in [4.69, 9.17) is 10.5 Å². The lowest BCUT2D eigenvalue weighted by Gasteiger charge is -2.04. The molecular weight excluding hydrogens is 310 g/mol. The van der Waals surface area contributed by atoms with Crippen molar-refractivity contribution in [1.82, 2.24) is 0 Å². The molecule has 0 aliphatic carbocycles. The fraction of sp³-hybridized carbons (Fsp3) is 0.500. The summed E-state index contributed by atoms with van der Waals surface area (Å²) in [5.74, 6) is 0.301. The Balaban J connectivity index is 0.000000399. The third-order valence-corrected chi connectivity index (χ3v) is 3.17. The van der Waals surface area contributed by atoms with Crippen molar-refractivity contribution in [2.75, 3.05) is 13.7 Å². The quantitative estimate of drug-likeness (QED) is 0.618. The maximum atomic E-state index is 10.4. The Hall–Kier alpha value is -1.07. The lowest BCUT2D eigenvalue weighted by molar-refractivity contribution is 0.112. The minimum absolute atomic E-state index is 0.0391. The normalized spacial score (nSPS) is 9.47. The standard InChI is InChI=1S/C8H7BrO3.C6H15N/c1-12-8-3-6(9)5(4-10)2-7(8)11;1-2-3-4-5-6-7/h2-4,11H,1H3;2-7H2,1H3. The zero-order valence-corrected chi connectivity index (χ0v) is 13.1. The number of carbonyl (C=O) groups is 1. The molecule has 0 saturated heterocycles. The molecule has 0 unspecified atom stereocenters. The summed E-state index contributed by atoms with van der Waals surface area (Å²) in [4.78, 5) is 10.4. The predicted molar refractivity (Wildman–Crippen MR) is 80.9 cm³/mol. The number of methoxy groups -OCH3 is 1. The number of aromatic hydroxyl groups is 1. The van der Waals surface area contributed by atoms with Gasteiger partial charge in [-0.1, -0.05) is 26.2 Å². The zero-order chi connectivity index (χ0) is 14.7. The van der Waals surface area contributed by atoms with Crippen LogP contribution in [0.5, 0.6) is 11.5 Å². The Morgan fingerprint density at radius 2 is 2.05 bits per heavy atom. The van der Waals surface area contributed by atoms with Gasteiger partial charge in [0.15, 0.2) is 17.8 Å². The lowest BCUT2D eigenvalue weighted by Crippen LogP contribution is -1.97. The van der Waals surface area contributed by atoms with Crippen LogP contribution in [-0.4, -0.2) is 25.0 Å². The van der Waals surface area contributed by atoms with Gasteiger partial charge in [0.1, 0.15) is 0 Å². The molecule has 0 heterocycles. The molecule has 0 saturated carbocycles. The highest BCUT2D eigenvalue weighted by Crippen LogP contribution is 2.31. The van der Waals surface area contributed by atoms with Crippen LogP contribution >= 0.6 is 15.9 Å². The number of unbranched alkanes of at least 4 members (excludes halogenated alkanes) is 3. The summed E-state index contributed by atoms with van der Waals surface area (Å²) >= 11 is 3.16. The van der Waals surface area contributed by atoms with Crippen LogP contribution in [-0.2, 0) is 0 Å². The van der Waals surface area contributed by atoms with Gasteiger partial charge in [0.05, 0.1) is 7.11 Å². The van der Waals surface area contributed by atoms with E-state index in [2.05, 4.69) is 22.9 Å². The summed E-state index contributed by atoms with van der Waals surface area (Å²) in [5, 5.41) is 9.24. The molecule has 1 aromatic rings. The van der Waals surface area contributed by atoms with Gasteiger partial charge in [-0.05, 0) is 41.0 Å². The Kier molecular flexibility index (Phi) is 10.2. The number of nitrogens with two attached hydrogens (primary N) is 1. The summed E-state index contributed by atoms with van der Waals surface area (Å²) in [6, 6.07) is 2.88. The average molecular weight is 332 g/mol. The van der Waals surface area contributed by atoms with Gasteiger partial charge in [-0.25, -0.2) is 0 Å². The highest BCUT2D eigenvalue weighted by Gasteiger charge is 2.06. The molecule has 0 amide bonds. The molecular formula is C14H22BrNO3. The van der Waals surface area contributed by atoms with E-state index in [1.165, 1.54) is 38.9 Å². The van der Waals surface area contributed by atoms with Crippen LogP contribution < -0.4 is 10.5 Å². The molecule has 0 bridgehead atoms. The van der Waals surface area contributed by atoms with Crippen molar-refractivity contribution in [2.45, 2.75) is 32.6 Å². The first-order chi connectivity index (χ1) is 9.10.